The Bertz CT molecular complexity index is 510. The van der Waals surface area contributed by atoms with Crippen LogP contribution in [0.3, 0.4) is 0 Å². The summed E-state index contributed by atoms with van der Waals surface area (Å²) in [6.07, 6.45) is -0.198. The van der Waals surface area contributed by atoms with Gasteiger partial charge in [0, 0.05) is 25.1 Å². The van der Waals surface area contributed by atoms with Crippen molar-refractivity contribution >= 4 is 5.91 Å². The number of hydrogen-bond acceptors (Lipinski definition) is 3. The van der Waals surface area contributed by atoms with Gasteiger partial charge < -0.3 is 15.4 Å². The number of hydrogen-bond donors (Lipinski definition) is 2. The number of carbonyl (C=O) groups is 1. The molecule has 2 rings (SSSR count). The van der Waals surface area contributed by atoms with E-state index < -0.39 is 17.7 Å². The summed E-state index contributed by atoms with van der Waals surface area (Å²) in [4.78, 5) is 12.1. The topological polar surface area (TPSA) is 50.4 Å². The number of morpholine rings is 1. The number of ether oxygens (including phenoxy) is 1. The third-order valence-electron chi connectivity index (χ3n) is 3.67. The van der Waals surface area contributed by atoms with Gasteiger partial charge >= 0.3 is 0 Å². The molecule has 0 radical (unpaired) electrons. The van der Waals surface area contributed by atoms with E-state index in [2.05, 4.69) is 10.6 Å². The van der Waals surface area contributed by atoms with Crippen LogP contribution < -0.4 is 10.6 Å². The fourth-order valence-corrected chi connectivity index (χ4v) is 2.40. The molecule has 1 saturated heterocycles. The second kappa shape index (κ2) is 6.95. The van der Waals surface area contributed by atoms with Crippen LogP contribution >= 0.6 is 0 Å². The monoisotopic (exact) mass is 298 g/mol. The second-order valence-corrected chi connectivity index (χ2v) is 5.32. The molecule has 1 fully saturated rings. The summed E-state index contributed by atoms with van der Waals surface area (Å²) in [6, 6.07) is 3.08. The van der Waals surface area contributed by atoms with Crippen molar-refractivity contribution in [2.45, 2.75) is 31.9 Å². The van der Waals surface area contributed by atoms with Crippen LogP contribution in [-0.4, -0.2) is 37.7 Å². The molecule has 21 heavy (non-hydrogen) atoms. The number of nitrogens with one attached hydrogen (secondary N) is 2. The Labute approximate surface area is 122 Å². The molecule has 1 aliphatic heterocycles. The first kappa shape index (κ1) is 15.9. The third-order valence-corrected chi connectivity index (χ3v) is 3.67. The molecule has 1 aromatic carbocycles. The Morgan fingerprint density at radius 1 is 1.52 bits per heavy atom. The highest BCUT2D eigenvalue weighted by Gasteiger charge is 2.28. The minimum Gasteiger partial charge on any atom is -0.375 e. The first-order valence-corrected chi connectivity index (χ1v) is 7.06. The van der Waals surface area contributed by atoms with Crippen LogP contribution in [0.5, 0.6) is 0 Å². The van der Waals surface area contributed by atoms with E-state index in [-0.39, 0.29) is 24.5 Å². The Balaban J connectivity index is 1.91. The van der Waals surface area contributed by atoms with Gasteiger partial charge in [-0.2, -0.15) is 0 Å². The minimum atomic E-state index is -0.607. The average Bonchev–Trinajstić information content (AvgIpc) is 2.45. The van der Waals surface area contributed by atoms with E-state index in [9.17, 15) is 13.6 Å². The maximum atomic E-state index is 13.7. The van der Waals surface area contributed by atoms with Gasteiger partial charge in [0.25, 0.3) is 0 Å². The highest BCUT2D eigenvalue weighted by molar-refractivity contribution is 5.82. The summed E-state index contributed by atoms with van der Waals surface area (Å²) in [5.74, 6) is -1.61. The van der Waals surface area contributed by atoms with Gasteiger partial charge in [-0.15, -0.1) is 0 Å². The average molecular weight is 298 g/mol. The fourth-order valence-electron chi connectivity index (χ4n) is 2.40. The molecule has 6 heteroatoms. The van der Waals surface area contributed by atoms with Crippen LogP contribution in [0.15, 0.2) is 18.2 Å². The molecule has 0 aromatic heterocycles. The van der Waals surface area contributed by atoms with Gasteiger partial charge in [-0.05, 0) is 18.6 Å². The predicted octanol–water partition coefficient (Wildman–Crippen LogP) is 1.56. The largest absolute Gasteiger partial charge is 0.375 e. The lowest BCUT2D eigenvalue weighted by Crippen LogP contribution is -2.55. The van der Waals surface area contributed by atoms with Crippen LogP contribution in [0.1, 0.15) is 25.3 Å². The lowest BCUT2D eigenvalue weighted by molar-refractivity contribution is -0.128. The van der Waals surface area contributed by atoms with Crippen molar-refractivity contribution in [2.24, 2.45) is 0 Å². The first-order chi connectivity index (χ1) is 9.99. The summed E-state index contributed by atoms with van der Waals surface area (Å²) < 4.78 is 31.9. The minimum absolute atomic E-state index is 0.170. The molecule has 1 amide bonds. The molecule has 1 aliphatic rings. The van der Waals surface area contributed by atoms with Crippen LogP contribution in [0.25, 0.3) is 0 Å². The van der Waals surface area contributed by atoms with Gasteiger partial charge in [-0.1, -0.05) is 13.0 Å². The number of rotatable bonds is 4. The summed E-state index contributed by atoms with van der Waals surface area (Å²) in [5.41, 5.74) is 0.387. The molecular weight excluding hydrogens is 278 g/mol. The zero-order chi connectivity index (χ0) is 15.4. The number of amides is 1. The summed E-state index contributed by atoms with van der Waals surface area (Å²) in [6.45, 7) is 5.11. The highest BCUT2D eigenvalue weighted by atomic mass is 19.1. The van der Waals surface area contributed by atoms with E-state index in [1.165, 1.54) is 12.1 Å². The highest BCUT2D eigenvalue weighted by Crippen LogP contribution is 2.19. The van der Waals surface area contributed by atoms with Crippen LogP contribution in [0.2, 0.25) is 0 Å². The Kier molecular flexibility index (Phi) is 5.25. The maximum Gasteiger partial charge on any atom is 0.239 e. The van der Waals surface area contributed by atoms with Crippen LogP contribution in [0.4, 0.5) is 8.78 Å². The standard InChI is InChI=1S/C15H20F2N2O2/c1-9(12-4-3-11(16)7-13(12)17)8-19-15(20)14-10(2)21-6-5-18-14/h3-4,7,9-10,14,18H,5-6,8H2,1-2H3,(H,19,20)/t9?,10-,14+/m1/s1. The SMILES string of the molecule is CC(CNC(=O)[C@H]1NCCO[C@@H]1C)c1ccc(F)cc1F. The number of carbonyl (C=O) groups excluding carboxylic acids is 1. The molecule has 1 aromatic rings. The molecule has 116 valence electrons. The maximum absolute atomic E-state index is 13.7. The summed E-state index contributed by atoms with van der Waals surface area (Å²) in [7, 11) is 0. The van der Waals surface area contributed by atoms with Crippen molar-refractivity contribution < 1.29 is 18.3 Å². The molecule has 3 atom stereocenters. The molecule has 0 saturated carbocycles. The number of halogens is 2. The fraction of sp³-hybridized carbons (Fsp3) is 0.533. The second-order valence-electron chi connectivity index (χ2n) is 5.32. The van der Waals surface area contributed by atoms with Crippen molar-refractivity contribution in [3.05, 3.63) is 35.4 Å². The molecule has 0 bridgehead atoms. The summed E-state index contributed by atoms with van der Waals surface area (Å²) in [5, 5.41) is 5.87. The smallest absolute Gasteiger partial charge is 0.239 e. The lowest BCUT2D eigenvalue weighted by atomic mass is 10.00. The zero-order valence-electron chi connectivity index (χ0n) is 12.2. The lowest BCUT2D eigenvalue weighted by Gasteiger charge is -2.29. The van der Waals surface area contributed by atoms with E-state index in [0.29, 0.717) is 18.7 Å². The number of benzene rings is 1. The third kappa shape index (κ3) is 3.98. The summed E-state index contributed by atoms with van der Waals surface area (Å²) >= 11 is 0. The van der Waals surface area contributed by atoms with Crippen molar-refractivity contribution in [3.63, 3.8) is 0 Å². The predicted molar refractivity (Wildman–Crippen MR) is 75.0 cm³/mol. The molecule has 1 unspecified atom stereocenters. The van der Waals surface area contributed by atoms with Crippen LogP contribution in [0, 0.1) is 11.6 Å². The zero-order valence-corrected chi connectivity index (χ0v) is 12.2. The van der Waals surface area contributed by atoms with Gasteiger partial charge in [0.2, 0.25) is 5.91 Å². The van der Waals surface area contributed by atoms with Gasteiger partial charge in [-0.3, -0.25) is 4.79 Å². The first-order valence-electron chi connectivity index (χ1n) is 7.06. The van der Waals surface area contributed by atoms with Gasteiger partial charge in [0.05, 0.1) is 12.7 Å². The Morgan fingerprint density at radius 2 is 2.29 bits per heavy atom. The molecular formula is C15H20F2N2O2. The Hall–Kier alpha value is -1.53. The molecule has 0 aliphatic carbocycles. The van der Waals surface area contributed by atoms with E-state index in [1.54, 1.807) is 6.92 Å². The van der Waals surface area contributed by atoms with E-state index >= 15 is 0 Å². The van der Waals surface area contributed by atoms with Gasteiger partial charge in [0.1, 0.15) is 17.7 Å². The van der Waals surface area contributed by atoms with E-state index in [0.717, 1.165) is 6.07 Å². The van der Waals surface area contributed by atoms with Crippen LogP contribution in [-0.2, 0) is 9.53 Å². The van der Waals surface area contributed by atoms with Crippen molar-refractivity contribution in [3.8, 4) is 0 Å². The van der Waals surface area contributed by atoms with Gasteiger partial charge in [0.15, 0.2) is 0 Å². The molecule has 0 spiro atoms. The Morgan fingerprint density at radius 3 is 2.95 bits per heavy atom. The van der Waals surface area contributed by atoms with Crippen molar-refractivity contribution in [2.75, 3.05) is 19.7 Å². The quantitative estimate of drug-likeness (QED) is 0.887. The molecule has 2 N–H and O–H groups in total. The molecule has 4 nitrogen and oxygen atoms in total. The van der Waals surface area contributed by atoms with E-state index in [1.807, 2.05) is 6.92 Å². The van der Waals surface area contributed by atoms with Gasteiger partial charge in [-0.25, -0.2) is 8.78 Å². The van der Waals surface area contributed by atoms with E-state index in [4.69, 9.17) is 4.74 Å². The van der Waals surface area contributed by atoms with Crippen molar-refractivity contribution in [1.82, 2.24) is 10.6 Å². The molecule has 1 heterocycles. The normalized spacial score (nSPS) is 23.6. The van der Waals surface area contributed by atoms with Crippen molar-refractivity contribution in [1.29, 1.82) is 0 Å².